The van der Waals surface area contributed by atoms with Gasteiger partial charge in [-0.2, -0.15) is 0 Å². The molecule has 3 rings (SSSR count). The first-order chi connectivity index (χ1) is 10.2. The Morgan fingerprint density at radius 3 is 2.24 bits per heavy atom. The lowest BCUT2D eigenvalue weighted by atomic mass is 10.1. The quantitative estimate of drug-likeness (QED) is 0.710. The van der Waals surface area contributed by atoms with Gasteiger partial charge in [0.2, 0.25) is 0 Å². The van der Waals surface area contributed by atoms with E-state index in [-0.39, 0.29) is 0 Å². The minimum Gasteiger partial charge on any atom is -0.497 e. The van der Waals surface area contributed by atoms with Gasteiger partial charge >= 0.3 is 0 Å². The molecule has 0 aliphatic carbocycles. The van der Waals surface area contributed by atoms with Gasteiger partial charge in [0.05, 0.1) is 24.9 Å². The number of nitrogens with zero attached hydrogens (tertiary/aromatic N) is 1. The van der Waals surface area contributed by atoms with E-state index in [1.165, 1.54) is 0 Å². The van der Waals surface area contributed by atoms with Crippen LogP contribution in [0.25, 0.3) is 22.0 Å². The molecule has 3 nitrogen and oxygen atoms in total. The van der Waals surface area contributed by atoms with Gasteiger partial charge < -0.3 is 9.47 Å². The van der Waals surface area contributed by atoms with Gasteiger partial charge in [-0.25, -0.2) is 0 Å². The summed E-state index contributed by atoms with van der Waals surface area (Å²) in [4.78, 5) is 4.48. The lowest BCUT2D eigenvalue weighted by Gasteiger charge is -2.09. The highest BCUT2D eigenvalue weighted by molar-refractivity contribution is 6.37. The smallest absolute Gasteiger partial charge is 0.119 e. The van der Waals surface area contributed by atoms with Crippen LogP contribution in [0.15, 0.2) is 48.7 Å². The average molecular weight is 300 g/mol. The zero-order chi connectivity index (χ0) is 14.8. The summed E-state index contributed by atoms with van der Waals surface area (Å²) in [6.07, 6.45) is 1.81. The summed E-state index contributed by atoms with van der Waals surface area (Å²) in [6.45, 7) is 0. The molecule has 0 bridgehead atoms. The van der Waals surface area contributed by atoms with Gasteiger partial charge in [0.25, 0.3) is 0 Å². The van der Waals surface area contributed by atoms with Crippen LogP contribution in [0, 0.1) is 0 Å². The molecule has 0 spiro atoms. The minimum atomic E-state index is 0.639. The van der Waals surface area contributed by atoms with Crippen LogP contribution in [0.2, 0.25) is 5.02 Å². The number of rotatable bonds is 3. The topological polar surface area (TPSA) is 31.4 Å². The lowest BCUT2D eigenvalue weighted by Crippen LogP contribution is -1.89. The average Bonchev–Trinajstić information content (AvgIpc) is 2.55. The summed E-state index contributed by atoms with van der Waals surface area (Å²) >= 11 is 6.51. The second kappa shape index (κ2) is 5.62. The monoisotopic (exact) mass is 299 g/mol. The second-order valence-corrected chi connectivity index (χ2v) is 4.98. The van der Waals surface area contributed by atoms with E-state index in [0.29, 0.717) is 5.02 Å². The van der Waals surface area contributed by atoms with Gasteiger partial charge in [0.15, 0.2) is 0 Å². The summed E-state index contributed by atoms with van der Waals surface area (Å²) in [6, 6.07) is 13.4. The number of fused-ring (bicyclic) bond motifs is 1. The van der Waals surface area contributed by atoms with E-state index in [1.807, 2.05) is 48.7 Å². The van der Waals surface area contributed by atoms with Crippen molar-refractivity contribution < 1.29 is 9.47 Å². The molecule has 2 aromatic carbocycles. The predicted molar refractivity (Wildman–Crippen MR) is 85.3 cm³/mol. The van der Waals surface area contributed by atoms with Crippen LogP contribution in [-0.2, 0) is 0 Å². The normalized spacial score (nSPS) is 10.6. The molecule has 0 fully saturated rings. The van der Waals surface area contributed by atoms with E-state index >= 15 is 0 Å². The van der Waals surface area contributed by atoms with Crippen LogP contribution < -0.4 is 9.47 Å². The van der Waals surface area contributed by atoms with Crippen LogP contribution in [-0.4, -0.2) is 19.2 Å². The first-order valence-electron chi connectivity index (χ1n) is 6.49. The molecule has 1 aromatic heterocycles. The van der Waals surface area contributed by atoms with Crippen LogP contribution in [0.5, 0.6) is 11.5 Å². The highest BCUT2D eigenvalue weighted by Gasteiger charge is 2.10. The largest absolute Gasteiger partial charge is 0.497 e. The SMILES string of the molecule is COc1ccc(-c2ncc3cc(OC)ccc3c2Cl)cc1. The van der Waals surface area contributed by atoms with E-state index in [9.17, 15) is 0 Å². The fraction of sp³-hybridized carbons (Fsp3) is 0.118. The van der Waals surface area contributed by atoms with Crippen LogP contribution in [0.3, 0.4) is 0 Å². The van der Waals surface area contributed by atoms with Crippen molar-refractivity contribution in [1.29, 1.82) is 0 Å². The van der Waals surface area contributed by atoms with Crippen molar-refractivity contribution in [2.45, 2.75) is 0 Å². The molecule has 0 unspecified atom stereocenters. The molecule has 3 aromatic rings. The Hall–Kier alpha value is -2.26. The Bertz CT molecular complexity index is 785. The van der Waals surface area contributed by atoms with Crippen molar-refractivity contribution >= 4 is 22.4 Å². The van der Waals surface area contributed by atoms with Gasteiger partial charge in [-0.3, -0.25) is 4.98 Å². The van der Waals surface area contributed by atoms with E-state index in [2.05, 4.69) is 4.98 Å². The summed E-state index contributed by atoms with van der Waals surface area (Å²) in [5.74, 6) is 1.60. The van der Waals surface area contributed by atoms with Gasteiger partial charge in [-0.1, -0.05) is 11.6 Å². The first kappa shape index (κ1) is 13.7. The highest BCUT2D eigenvalue weighted by atomic mass is 35.5. The molecule has 0 saturated carbocycles. The number of halogens is 1. The number of methoxy groups -OCH3 is 2. The summed E-state index contributed by atoms with van der Waals surface area (Å²) in [5, 5.41) is 2.55. The summed E-state index contributed by atoms with van der Waals surface area (Å²) < 4.78 is 10.4. The minimum absolute atomic E-state index is 0.639. The summed E-state index contributed by atoms with van der Waals surface area (Å²) in [7, 11) is 3.28. The zero-order valence-electron chi connectivity index (χ0n) is 11.8. The van der Waals surface area contributed by atoms with Gasteiger partial charge in [0.1, 0.15) is 11.5 Å². The van der Waals surface area contributed by atoms with E-state index in [4.69, 9.17) is 21.1 Å². The van der Waals surface area contributed by atoms with Crippen LogP contribution >= 0.6 is 11.6 Å². The molecule has 0 saturated heterocycles. The molecule has 0 amide bonds. The standard InChI is InChI=1S/C17H14ClNO2/c1-20-13-5-3-11(4-6-13)17-16(18)15-8-7-14(21-2)9-12(15)10-19-17/h3-10H,1-2H3. The fourth-order valence-corrected chi connectivity index (χ4v) is 2.57. The second-order valence-electron chi connectivity index (χ2n) is 4.60. The molecular formula is C17H14ClNO2. The fourth-order valence-electron chi connectivity index (χ4n) is 2.24. The molecule has 0 N–H and O–H groups in total. The third-order valence-electron chi connectivity index (χ3n) is 3.40. The maximum absolute atomic E-state index is 6.51. The van der Waals surface area contributed by atoms with Crippen molar-refractivity contribution in [3.8, 4) is 22.8 Å². The van der Waals surface area contributed by atoms with Crippen molar-refractivity contribution in [2.75, 3.05) is 14.2 Å². The molecule has 0 atom stereocenters. The molecule has 4 heteroatoms. The number of hydrogen-bond donors (Lipinski definition) is 0. The maximum atomic E-state index is 6.51. The number of ether oxygens (including phenoxy) is 2. The van der Waals surface area contributed by atoms with Crippen molar-refractivity contribution in [3.63, 3.8) is 0 Å². The van der Waals surface area contributed by atoms with E-state index in [1.54, 1.807) is 14.2 Å². The number of benzene rings is 2. The van der Waals surface area contributed by atoms with Gasteiger partial charge in [-0.15, -0.1) is 0 Å². The Balaban J connectivity index is 2.12. The van der Waals surface area contributed by atoms with Crippen LogP contribution in [0.4, 0.5) is 0 Å². The Morgan fingerprint density at radius 2 is 1.57 bits per heavy atom. The number of pyridine rings is 1. The highest BCUT2D eigenvalue weighted by Crippen LogP contribution is 2.34. The Morgan fingerprint density at radius 1 is 0.905 bits per heavy atom. The predicted octanol–water partition coefficient (Wildman–Crippen LogP) is 4.57. The summed E-state index contributed by atoms with van der Waals surface area (Å²) in [5.41, 5.74) is 1.72. The lowest BCUT2D eigenvalue weighted by molar-refractivity contribution is 0.415. The molecule has 1 heterocycles. The first-order valence-corrected chi connectivity index (χ1v) is 6.87. The molecule has 106 valence electrons. The van der Waals surface area contributed by atoms with Crippen molar-refractivity contribution in [3.05, 3.63) is 53.7 Å². The Labute approximate surface area is 128 Å². The van der Waals surface area contributed by atoms with Crippen molar-refractivity contribution in [2.24, 2.45) is 0 Å². The maximum Gasteiger partial charge on any atom is 0.119 e. The molecule has 0 radical (unpaired) electrons. The van der Waals surface area contributed by atoms with Gasteiger partial charge in [0, 0.05) is 22.5 Å². The molecular weight excluding hydrogens is 286 g/mol. The van der Waals surface area contributed by atoms with Gasteiger partial charge in [-0.05, 0) is 42.5 Å². The molecule has 0 aliphatic rings. The van der Waals surface area contributed by atoms with Crippen molar-refractivity contribution in [1.82, 2.24) is 4.98 Å². The third kappa shape index (κ3) is 2.52. The molecule has 21 heavy (non-hydrogen) atoms. The molecule has 0 aliphatic heterocycles. The van der Waals surface area contributed by atoms with Crippen LogP contribution in [0.1, 0.15) is 0 Å². The van der Waals surface area contributed by atoms with E-state index < -0.39 is 0 Å². The Kier molecular flexibility index (Phi) is 3.67. The third-order valence-corrected chi connectivity index (χ3v) is 3.78. The number of hydrogen-bond acceptors (Lipinski definition) is 3. The van der Waals surface area contributed by atoms with E-state index in [0.717, 1.165) is 33.5 Å². The zero-order valence-corrected chi connectivity index (χ0v) is 12.5. The number of aromatic nitrogens is 1.